The second kappa shape index (κ2) is 6.80. The molecule has 26 heavy (non-hydrogen) atoms. The van der Waals surface area contributed by atoms with Crippen molar-refractivity contribution in [2.45, 2.75) is 26.2 Å². The van der Waals surface area contributed by atoms with Gasteiger partial charge in [0.25, 0.3) is 0 Å². The number of nitrogens with zero attached hydrogens (tertiary/aromatic N) is 3. The maximum absolute atomic E-state index is 12.6. The fourth-order valence-corrected chi connectivity index (χ4v) is 4.11. The van der Waals surface area contributed by atoms with Crippen LogP contribution in [-0.2, 0) is 4.74 Å². The Labute approximate surface area is 155 Å². The number of aromatic nitrogens is 2. The topological polar surface area (TPSA) is 64.4 Å². The molecule has 4 rings (SSSR count). The third kappa shape index (κ3) is 3.04. The van der Waals surface area contributed by atoms with E-state index in [9.17, 15) is 4.79 Å². The van der Waals surface area contributed by atoms with Crippen LogP contribution in [0.2, 0.25) is 0 Å². The van der Waals surface area contributed by atoms with Gasteiger partial charge in [-0.3, -0.25) is 9.98 Å². The predicted molar refractivity (Wildman–Crippen MR) is 102 cm³/mol. The molecular weight excluding hydrogens is 346 g/mol. The van der Waals surface area contributed by atoms with Crippen molar-refractivity contribution >= 4 is 33.2 Å². The van der Waals surface area contributed by atoms with Gasteiger partial charge >= 0.3 is 5.97 Å². The van der Waals surface area contributed by atoms with Crippen LogP contribution in [0, 0.1) is 0 Å². The van der Waals surface area contributed by atoms with E-state index in [2.05, 4.69) is 21.0 Å². The highest BCUT2D eigenvalue weighted by Crippen LogP contribution is 2.39. The van der Waals surface area contributed by atoms with Crippen LogP contribution in [0.5, 0.6) is 0 Å². The molecule has 0 spiro atoms. The monoisotopic (exact) mass is 363 g/mol. The molecule has 3 heterocycles. The third-order valence-electron chi connectivity index (χ3n) is 4.39. The standard InChI is InChI=1S/C20H17N3O2S/c1-12-9-16(15-6-3-7-17-19(15)26-11-22-17)18(13(2)23-12)25-20(24)14-5-4-8-21-10-14/h3-8,10-11,16H,9H2,1-2H3. The summed E-state index contributed by atoms with van der Waals surface area (Å²) >= 11 is 1.60. The molecule has 0 N–H and O–H groups in total. The Hall–Kier alpha value is -2.86. The van der Waals surface area contributed by atoms with Gasteiger partial charge in [-0.2, -0.15) is 0 Å². The molecule has 0 amide bonds. The average molecular weight is 363 g/mol. The Kier molecular flexibility index (Phi) is 4.34. The van der Waals surface area contributed by atoms with Crippen LogP contribution in [0.1, 0.15) is 42.1 Å². The van der Waals surface area contributed by atoms with Crippen LogP contribution in [0.15, 0.2) is 64.7 Å². The van der Waals surface area contributed by atoms with Crippen LogP contribution in [-0.4, -0.2) is 21.6 Å². The maximum atomic E-state index is 12.6. The van der Waals surface area contributed by atoms with E-state index in [4.69, 9.17) is 4.74 Å². The van der Waals surface area contributed by atoms with Crippen molar-refractivity contribution in [3.05, 3.63) is 70.8 Å². The Balaban J connectivity index is 1.75. The van der Waals surface area contributed by atoms with Gasteiger partial charge in [0.2, 0.25) is 0 Å². The molecule has 0 radical (unpaired) electrons. The van der Waals surface area contributed by atoms with Crippen molar-refractivity contribution in [2.24, 2.45) is 4.99 Å². The number of aliphatic imine (C=N–C) groups is 1. The number of carbonyl (C=O) groups excluding carboxylic acids is 1. The summed E-state index contributed by atoms with van der Waals surface area (Å²) in [5.74, 6) is 0.131. The molecule has 0 saturated carbocycles. The first-order valence-corrected chi connectivity index (χ1v) is 9.20. The van der Waals surface area contributed by atoms with Crippen molar-refractivity contribution in [2.75, 3.05) is 0 Å². The number of benzene rings is 1. The lowest BCUT2D eigenvalue weighted by Crippen LogP contribution is -2.18. The zero-order chi connectivity index (χ0) is 18.1. The zero-order valence-corrected chi connectivity index (χ0v) is 15.3. The summed E-state index contributed by atoms with van der Waals surface area (Å²) < 4.78 is 6.93. The molecule has 2 aromatic heterocycles. The van der Waals surface area contributed by atoms with Crippen LogP contribution in [0.25, 0.3) is 10.2 Å². The van der Waals surface area contributed by atoms with Gasteiger partial charge in [0, 0.05) is 18.1 Å². The molecule has 1 aliphatic rings. The largest absolute Gasteiger partial charge is 0.425 e. The molecule has 0 fully saturated rings. The molecule has 0 saturated heterocycles. The summed E-state index contributed by atoms with van der Waals surface area (Å²) in [5, 5.41) is 0. The van der Waals surface area contributed by atoms with Gasteiger partial charge in [0.05, 0.1) is 32.9 Å². The minimum Gasteiger partial charge on any atom is -0.425 e. The van der Waals surface area contributed by atoms with Gasteiger partial charge in [0.15, 0.2) is 0 Å². The van der Waals surface area contributed by atoms with Crippen LogP contribution in [0.3, 0.4) is 0 Å². The van der Waals surface area contributed by atoms with Crippen LogP contribution in [0.4, 0.5) is 0 Å². The highest BCUT2D eigenvalue weighted by atomic mass is 32.1. The van der Waals surface area contributed by atoms with E-state index < -0.39 is 5.97 Å². The summed E-state index contributed by atoms with van der Waals surface area (Å²) in [6, 6.07) is 9.48. The number of hydrogen-bond acceptors (Lipinski definition) is 6. The fraction of sp³-hybridized carbons (Fsp3) is 0.200. The number of carbonyl (C=O) groups is 1. The van der Waals surface area contributed by atoms with Crippen molar-refractivity contribution in [1.29, 1.82) is 0 Å². The van der Waals surface area contributed by atoms with E-state index in [1.165, 1.54) is 6.20 Å². The lowest BCUT2D eigenvalue weighted by atomic mass is 9.89. The van der Waals surface area contributed by atoms with Gasteiger partial charge in [-0.05, 0) is 44.0 Å². The smallest absolute Gasteiger partial charge is 0.344 e. The molecular formula is C20H17N3O2S. The molecule has 0 bridgehead atoms. The van der Waals surface area contributed by atoms with Gasteiger partial charge < -0.3 is 4.74 Å². The summed E-state index contributed by atoms with van der Waals surface area (Å²) in [7, 11) is 0. The Morgan fingerprint density at radius 1 is 1.23 bits per heavy atom. The Morgan fingerprint density at radius 3 is 2.92 bits per heavy atom. The van der Waals surface area contributed by atoms with Gasteiger partial charge in [-0.1, -0.05) is 12.1 Å². The van der Waals surface area contributed by atoms with E-state index in [0.29, 0.717) is 17.7 Å². The number of rotatable bonds is 3. The highest BCUT2D eigenvalue weighted by molar-refractivity contribution is 7.17. The van der Waals surface area contributed by atoms with Crippen LogP contribution >= 0.6 is 11.3 Å². The first-order valence-electron chi connectivity index (χ1n) is 8.32. The second-order valence-electron chi connectivity index (χ2n) is 6.23. The van der Waals surface area contributed by atoms with E-state index in [1.54, 1.807) is 29.7 Å². The average Bonchev–Trinajstić information content (AvgIpc) is 3.13. The SMILES string of the molecule is CC1=NC(C)=C(OC(=O)c2cccnc2)C(c2cccc3ncsc23)C1. The van der Waals surface area contributed by atoms with Gasteiger partial charge in [-0.15, -0.1) is 11.3 Å². The molecule has 3 aromatic rings. The first-order chi connectivity index (χ1) is 12.6. The minimum atomic E-state index is -0.413. The quantitative estimate of drug-likeness (QED) is 0.631. The summed E-state index contributed by atoms with van der Waals surface area (Å²) in [6.45, 7) is 3.89. The van der Waals surface area contributed by atoms with Crippen molar-refractivity contribution in [1.82, 2.24) is 9.97 Å². The van der Waals surface area contributed by atoms with Crippen molar-refractivity contribution in [3.63, 3.8) is 0 Å². The summed E-state index contributed by atoms with van der Waals surface area (Å²) in [5.41, 5.74) is 6.10. The normalized spacial score (nSPS) is 17.3. The second-order valence-corrected chi connectivity index (χ2v) is 7.09. The first kappa shape index (κ1) is 16.6. The lowest BCUT2D eigenvalue weighted by Gasteiger charge is -2.25. The lowest BCUT2D eigenvalue weighted by molar-refractivity contribution is 0.0599. The fourth-order valence-electron chi connectivity index (χ4n) is 3.25. The van der Waals surface area contributed by atoms with E-state index in [-0.39, 0.29) is 5.92 Å². The molecule has 130 valence electrons. The number of hydrogen-bond donors (Lipinski definition) is 0. The third-order valence-corrected chi connectivity index (χ3v) is 5.28. The van der Waals surface area contributed by atoms with Crippen molar-refractivity contribution in [3.8, 4) is 0 Å². The molecule has 0 aliphatic carbocycles. The van der Waals surface area contributed by atoms with Gasteiger partial charge in [0.1, 0.15) is 5.76 Å². The Morgan fingerprint density at radius 2 is 2.12 bits per heavy atom. The van der Waals surface area contributed by atoms with Crippen molar-refractivity contribution < 1.29 is 9.53 Å². The molecule has 1 atom stereocenters. The van der Waals surface area contributed by atoms with Gasteiger partial charge in [-0.25, -0.2) is 9.78 Å². The van der Waals surface area contributed by atoms with E-state index >= 15 is 0 Å². The molecule has 6 heteroatoms. The summed E-state index contributed by atoms with van der Waals surface area (Å²) in [6.07, 6.45) is 3.85. The number of fused-ring (bicyclic) bond motifs is 1. The van der Waals surface area contributed by atoms with E-state index in [0.717, 1.165) is 27.2 Å². The predicted octanol–water partition coefficient (Wildman–Crippen LogP) is 4.73. The van der Waals surface area contributed by atoms with E-state index in [1.807, 2.05) is 31.5 Å². The number of pyridine rings is 1. The number of ether oxygens (including phenoxy) is 1. The van der Waals surface area contributed by atoms with Crippen LogP contribution < -0.4 is 0 Å². The highest BCUT2D eigenvalue weighted by Gasteiger charge is 2.29. The molecule has 1 unspecified atom stereocenters. The molecule has 1 aromatic carbocycles. The zero-order valence-electron chi connectivity index (χ0n) is 14.5. The minimum absolute atomic E-state index is 0.0581. The number of esters is 1. The maximum Gasteiger partial charge on any atom is 0.344 e. The summed E-state index contributed by atoms with van der Waals surface area (Å²) in [4.78, 5) is 25.5. The number of allylic oxidation sites excluding steroid dienone is 2. The Bertz CT molecular complexity index is 1040. The molecule has 1 aliphatic heterocycles. The number of thiazole rings is 1. The molecule has 5 nitrogen and oxygen atoms in total.